The summed E-state index contributed by atoms with van der Waals surface area (Å²) in [7, 11) is 0. The molecular formula is C13H8N2O. The Balaban J connectivity index is 2.33. The lowest BCUT2D eigenvalue weighted by atomic mass is 10.2. The van der Waals surface area contributed by atoms with Crippen LogP contribution in [0.25, 0.3) is 33.3 Å². The van der Waals surface area contributed by atoms with Crippen LogP contribution in [-0.4, -0.2) is 9.97 Å². The number of para-hydroxylation sites is 1. The lowest BCUT2D eigenvalue weighted by Crippen LogP contribution is -1.83. The summed E-state index contributed by atoms with van der Waals surface area (Å²) in [6.07, 6.45) is 3.59. The van der Waals surface area contributed by atoms with Crippen LogP contribution in [0.1, 0.15) is 0 Å². The molecule has 1 aliphatic carbocycles. The number of furan rings is 1. The number of aromatic amines is 1. The highest BCUT2D eigenvalue weighted by Crippen LogP contribution is 2.37. The van der Waals surface area contributed by atoms with Crippen molar-refractivity contribution in [2.24, 2.45) is 0 Å². The highest BCUT2D eigenvalue weighted by molar-refractivity contribution is 6.13. The average Bonchev–Trinajstić information content (AvgIpc) is 2.83. The maximum Gasteiger partial charge on any atom is 0.139 e. The number of H-pyrrole nitrogens is 1. The molecule has 1 N–H and O–H groups in total. The number of fused-ring (bicyclic) bond motifs is 5. The zero-order chi connectivity index (χ0) is 10.5. The summed E-state index contributed by atoms with van der Waals surface area (Å²) < 4.78 is 5.78. The van der Waals surface area contributed by atoms with Crippen LogP contribution >= 0.6 is 0 Å². The van der Waals surface area contributed by atoms with Gasteiger partial charge in [-0.15, -0.1) is 0 Å². The predicted molar refractivity (Wildman–Crippen MR) is 62.5 cm³/mol. The summed E-state index contributed by atoms with van der Waals surface area (Å²) >= 11 is 0. The number of benzene rings is 1. The van der Waals surface area contributed by atoms with Crippen LogP contribution < -0.4 is 0 Å². The molecule has 76 valence electrons. The maximum atomic E-state index is 5.78. The second-order valence-electron chi connectivity index (χ2n) is 3.83. The van der Waals surface area contributed by atoms with Crippen LogP contribution in [0.2, 0.25) is 0 Å². The van der Waals surface area contributed by atoms with E-state index in [9.17, 15) is 0 Å². The van der Waals surface area contributed by atoms with Gasteiger partial charge in [0.2, 0.25) is 0 Å². The Kier molecular flexibility index (Phi) is 1.31. The van der Waals surface area contributed by atoms with E-state index in [0.29, 0.717) is 0 Å². The van der Waals surface area contributed by atoms with Gasteiger partial charge in [-0.3, -0.25) is 4.98 Å². The van der Waals surface area contributed by atoms with E-state index in [1.54, 1.807) is 6.20 Å². The van der Waals surface area contributed by atoms with Crippen LogP contribution in [0.5, 0.6) is 0 Å². The van der Waals surface area contributed by atoms with Gasteiger partial charge in [0, 0.05) is 23.8 Å². The number of nitrogens with one attached hydrogen (secondary N) is 1. The average molecular weight is 208 g/mol. The van der Waals surface area contributed by atoms with Gasteiger partial charge in [0.25, 0.3) is 0 Å². The summed E-state index contributed by atoms with van der Waals surface area (Å²) in [5, 5.41) is 2.22. The topological polar surface area (TPSA) is 41.8 Å². The molecule has 0 fully saturated rings. The highest BCUT2D eigenvalue weighted by atomic mass is 16.3. The number of rotatable bonds is 0. The molecule has 0 saturated heterocycles. The van der Waals surface area contributed by atoms with Gasteiger partial charge in [-0.1, -0.05) is 18.2 Å². The van der Waals surface area contributed by atoms with Crippen molar-refractivity contribution in [2.75, 3.05) is 0 Å². The summed E-state index contributed by atoms with van der Waals surface area (Å²) in [6, 6.07) is 10.0. The molecule has 1 aromatic carbocycles. The van der Waals surface area contributed by atoms with Gasteiger partial charge in [0.1, 0.15) is 11.2 Å². The van der Waals surface area contributed by atoms with Crippen molar-refractivity contribution in [1.82, 2.24) is 9.97 Å². The first-order chi connectivity index (χ1) is 7.93. The molecule has 16 heavy (non-hydrogen) atoms. The van der Waals surface area contributed by atoms with Gasteiger partial charge in [-0.25, -0.2) is 0 Å². The second-order valence-corrected chi connectivity index (χ2v) is 3.83. The fourth-order valence-corrected chi connectivity index (χ4v) is 2.23. The van der Waals surface area contributed by atoms with Crippen molar-refractivity contribution < 1.29 is 4.42 Å². The van der Waals surface area contributed by atoms with Crippen LogP contribution in [0.4, 0.5) is 0 Å². The SMILES string of the molecule is c1ccc2c(c1)oc1cc3[nH]ccnc-3c12. The molecule has 3 heteroatoms. The Labute approximate surface area is 91.1 Å². The molecule has 4 rings (SSSR count). The van der Waals surface area contributed by atoms with Gasteiger partial charge in [-0.2, -0.15) is 0 Å². The van der Waals surface area contributed by atoms with Crippen LogP contribution in [0.15, 0.2) is 47.1 Å². The van der Waals surface area contributed by atoms with Crippen LogP contribution in [0, 0.1) is 0 Å². The molecule has 2 aromatic rings. The minimum Gasteiger partial charge on any atom is -0.456 e. The third-order valence-corrected chi connectivity index (χ3v) is 2.91. The van der Waals surface area contributed by atoms with E-state index < -0.39 is 0 Å². The fraction of sp³-hybridized carbons (Fsp3) is 0. The maximum absolute atomic E-state index is 5.78. The molecule has 0 saturated carbocycles. The first-order valence-corrected chi connectivity index (χ1v) is 5.17. The number of hydrogen-bond acceptors (Lipinski definition) is 2. The lowest BCUT2D eigenvalue weighted by molar-refractivity contribution is 0.670. The first-order valence-electron chi connectivity index (χ1n) is 5.17. The number of nitrogens with zero attached hydrogens (tertiary/aromatic N) is 1. The summed E-state index contributed by atoms with van der Waals surface area (Å²) in [4.78, 5) is 7.57. The van der Waals surface area contributed by atoms with E-state index in [4.69, 9.17) is 4.42 Å². The summed E-state index contributed by atoms with van der Waals surface area (Å²) in [6.45, 7) is 0. The van der Waals surface area contributed by atoms with Crippen molar-refractivity contribution in [3.8, 4) is 11.4 Å². The smallest absolute Gasteiger partial charge is 0.139 e. The Hall–Kier alpha value is -2.29. The third-order valence-electron chi connectivity index (χ3n) is 2.91. The molecule has 0 atom stereocenters. The quantitative estimate of drug-likeness (QED) is 0.481. The molecule has 3 nitrogen and oxygen atoms in total. The van der Waals surface area contributed by atoms with Gasteiger partial charge in [-0.05, 0) is 6.07 Å². The molecule has 0 amide bonds. The van der Waals surface area contributed by atoms with Gasteiger partial charge in [0.15, 0.2) is 0 Å². The molecule has 2 heterocycles. The standard InChI is InChI=1S/C13H8N2O/c1-2-4-10-8(3-1)12-11(16-10)7-9-13(12)15-6-5-14-9/h1-7,14H. The monoisotopic (exact) mass is 208 g/mol. The number of hydrogen-bond donors (Lipinski definition) is 1. The highest BCUT2D eigenvalue weighted by Gasteiger charge is 2.17. The van der Waals surface area contributed by atoms with Crippen LogP contribution in [-0.2, 0) is 0 Å². The van der Waals surface area contributed by atoms with E-state index >= 15 is 0 Å². The lowest BCUT2D eigenvalue weighted by Gasteiger charge is -1.96. The molecule has 0 radical (unpaired) electrons. The van der Waals surface area contributed by atoms with Gasteiger partial charge < -0.3 is 9.40 Å². The molecule has 0 bridgehead atoms. The zero-order valence-corrected chi connectivity index (χ0v) is 8.40. The Morgan fingerprint density at radius 1 is 1.12 bits per heavy atom. The van der Waals surface area contributed by atoms with Crippen LogP contribution in [0.3, 0.4) is 0 Å². The summed E-state index contributed by atoms with van der Waals surface area (Å²) in [5.74, 6) is 0. The minimum atomic E-state index is 0.895. The van der Waals surface area contributed by atoms with E-state index in [1.165, 1.54) is 0 Å². The molecule has 1 aromatic heterocycles. The third kappa shape index (κ3) is 0.852. The molecular weight excluding hydrogens is 200 g/mol. The largest absolute Gasteiger partial charge is 0.456 e. The molecule has 2 aliphatic rings. The van der Waals surface area contributed by atoms with E-state index in [0.717, 1.165) is 33.3 Å². The van der Waals surface area contributed by atoms with E-state index in [-0.39, 0.29) is 0 Å². The Morgan fingerprint density at radius 3 is 3.06 bits per heavy atom. The zero-order valence-electron chi connectivity index (χ0n) is 8.40. The van der Waals surface area contributed by atoms with E-state index in [1.807, 2.05) is 30.5 Å². The van der Waals surface area contributed by atoms with Gasteiger partial charge >= 0.3 is 0 Å². The minimum absolute atomic E-state index is 0.895. The summed E-state index contributed by atoms with van der Waals surface area (Å²) in [5.41, 5.74) is 3.80. The van der Waals surface area contributed by atoms with Crippen molar-refractivity contribution in [3.63, 3.8) is 0 Å². The first kappa shape index (κ1) is 7.93. The van der Waals surface area contributed by atoms with E-state index in [2.05, 4.69) is 16.0 Å². The Bertz CT molecular complexity index is 766. The molecule has 0 spiro atoms. The fourth-order valence-electron chi connectivity index (χ4n) is 2.23. The van der Waals surface area contributed by atoms with Crippen molar-refractivity contribution in [2.45, 2.75) is 0 Å². The van der Waals surface area contributed by atoms with Crippen molar-refractivity contribution >= 4 is 21.9 Å². The number of aromatic nitrogens is 2. The normalized spacial score (nSPS) is 11.8. The van der Waals surface area contributed by atoms with Crippen molar-refractivity contribution in [1.29, 1.82) is 0 Å². The predicted octanol–water partition coefficient (Wildman–Crippen LogP) is 3.41. The van der Waals surface area contributed by atoms with Crippen molar-refractivity contribution in [3.05, 3.63) is 42.7 Å². The molecule has 1 aliphatic heterocycles. The van der Waals surface area contributed by atoms with Gasteiger partial charge in [0.05, 0.1) is 16.8 Å². The molecule has 0 unspecified atom stereocenters. The Morgan fingerprint density at radius 2 is 2.06 bits per heavy atom. The second kappa shape index (κ2) is 2.64.